The number of benzene rings is 1. The van der Waals surface area contributed by atoms with Crippen LogP contribution < -0.4 is 4.90 Å². The van der Waals surface area contributed by atoms with Gasteiger partial charge < -0.3 is 10.0 Å². The maximum atomic E-state index is 12.7. The second-order valence-electron chi connectivity index (χ2n) is 4.69. The number of rotatable bonds is 4. The molecule has 1 heterocycles. The summed E-state index contributed by atoms with van der Waals surface area (Å²) in [5.74, 6) is -1.63. The number of para-hydroxylation sites is 1. The Kier molecular flexibility index (Phi) is 4.31. The van der Waals surface area contributed by atoms with Crippen molar-refractivity contribution in [3.05, 3.63) is 28.8 Å². The number of carbonyl (C=O) groups excluding carboxylic acids is 1. The van der Waals surface area contributed by atoms with Gasteiger partial charge in [0, 0.05) is 24.4 Å². The van der Waals surface area contributed by atoms with Crippen LogP contribution in [0.5, 0.6) is 0 Å². The predicted molar refractivity (Wildman–Crippen MR) is 72.7 cm³/mol. The average Bonchev–Trinajstić information content (AvgIpc) is 2.67. The first-order valence-corrected chi connectivity index (χ1v) is 7.86. The fourth-order valence-corrected chi connectivity index (χ4v) is 3.46. The van der Waals surface area contributed by atoms with Crippen molar-refractivity contribution in [3.8, 4) is 0 Å². The predicted octanol–water partition coefficient (Wildman–Crippen LogP) is 1.48. The number of aliphatic hydroxyl groups excluding tert-OH is 1. The molecule has 20 heavy (non-hydrogen) atoms. The monoisotopic (exact) mass is 321 g/mol. The van der Waals surface area contributed by atoms with Crippen molar-refractivity contribution in [1.82, 2.24) is 0 Å². The van der Waals surface area contributed by atoms with E-state index in [1.807, 2.05) is 0 Å². The van der Waals surface area contributed by atoms with E-state index in [4.69, 9.17) is 11.6 Å². The third-order valence-electron chi connectivity index (χ3n) is 3.15. The van der Waals surface area contributed by atoms with Crippen LogP contribution in [-0.2, 0) is 21.6 Å². The van der Waals surface area contributed by atoms with Gasteiger partial charge in [-0.1, -0.05) is 23.7 Å². The minimum absolute atomic E-state index is 0.0563. The second-order valence-corrected chi connectivity index (χ2v) is 6.50. The molecule has 110 valence electrons. The average molecular weight is 322 g/mol. The number of aliphatic hydroxyl groups is 1. The van der Waals surface area contributed by atoms with Crippen LogP contribution in [0, 0.1) is 5.92 Å². The molecule has 1 fully saturated rings. The van der Waals surface area contributed by atoms with Crippen LogP contribution in [0.3, 0.4) is 0 Å². The summed E-state index contributed by atoms with van der Waals surface area (Å²) in [6.45, 7) is -0.232. The summed E-state index contributed by atoms with van der Waals surface area (Å²) in [7, 11) is -4.62. The Balaban J connectivity index is 2.29. The quantitative estimate of drug-likeness (QED) is 0.852. The van der Waals surface area contributed by atoms with Crippen molar-refractivity contribution >= 4 is 33.4 Å². The summed E-state index contributed by atoms with van der Waals surface area (Å²) in [5.41, 5.74) is 0.829. The SMILES string of the molecule is O=C1CC(CS(=O)(=O)F)CN1c1c(Cl)cccc1CO. The molecular formula is C12H13ClFNO4S. The normalized spacial score (nSPS) is 19.6. The molecule has 0 bridgehead atoms. The lowest BCUT2D eigenvalue weighted by Crippen LogP contribution is -2.26. The molecule has 5 nitrogen and oxygen atoms in total. The smallest absolute Gasteiger partial charge is 0.302 e. The van der Waals surface area contributed by atoms with Gasteiger partial charge in [0.15, 0.2) is 0 Å². The summed E-state index contributed by atoms with van der Waals surface area (Å²) >= 11 is 6.04. The van der Waals surface area contributed by atoms with Crippen LogP contribution in [-0.4, -0.2) is 31.7 Å². The zero-order valence-electron chi connectivity index (χ0n) is 10.4. The molecule has 1 unspecified atom stereocenters. The Hall–Kier alpha value is -1.18. The van der Waals surface area contributed by atoms with E-state index in [1.54, 1.807) is 18.2 Å². The summed E-state index contributed by atoms with van der Waals surface area (Å²) in [4.78, 5) is 13.3. The van der Waals surface area contributed by atoms with Crippen LogP contribution in [0.4, 0.5) is 9.57 Å². The van der Waals surface area contributed by atoms with Crippen LogP contribution in [0.15, 0.2) is 18.2 Å². The van der Waals surface area contributed by atoms with E-state index in [-0.39, 0.29) is 30.5 Å². The Labute approximate surface area is 121 Å². The molecule has 1 N–H and O–H groups in total. The molecule has 0 aliphatic carbocycles. The summed E-state index contributed by atoms with van der Waals surface area (Å²) in [6.07, 6.45) is -0.0563. The third-order valence-corrected chi connectivity index (χ3v) is 4.33. The number of hydrogen-bond acceptors (Lipinski definition) is 4. The number of carbonyl (C=O) groups is 1. The molecule has 0 saturated carbocycles. The Morgan fingerprint density at radius 3 is 2.75 bits per heavy atom. The molecule has 1 aromatic carbocycles. The molecule has 8 heteroatoms. The minimum atomic E-state index is -4.62. The molecular weight excluding hydrogens is 309 g/mol. The molecule has 0 radical (unpaired) electrons. The summed E-state index contributed by atoms with van der Waals surface area (Å²) in [6, 6.07) is 4.83. The first kappa shape index (κ1) is 15.2. The van der Waals surface area contributed by atoms with Gasteiger partial charge in [-0.3, -0.25) is 4.79 Å². The first-order valence-electron chi connectivity index (χ1n) is 5.92. The highest BCUT2D eigenvalue weighted by molar-refractivity contribution is 7.86. The van der Waals surface area contributed by atoms with Crippen LogP contribution in [0.2, 0.25) is 5.02 Å². The van der Waals surface area contributed by atoms with Gasteiger partial charge in [-0.05, 0) is 6.07 Å². The molecule has 1 aliphatic heterocycles. The van der Waals surface area contributed by atoms with E-state index in [2.05, 4.69) is 0 Å². The molecule has 1 saturated heterocycles. The third kappa shape index (κ3) is 3.28. The topological polar surface area (TPSA) is 74.7 Å². The van der Waals surface area contributed by atoms with E-state index in [1.165, 1.54) is 4.90 Å². The maximum Gasteiger partial charge on any atom is 0.302 e. The highest BCUT2D eigenvalue weighted by atomic mass is 35.5. The minimum Gasteiger partial charge on any atom is -0.392 e. The molecule has 1 atom stereocenters. The summed E-state index contributed by atoms with van der Waals surface area (Å²) < 4.78 is 34.0. The fourth-order valence-electron chi connectivity index (χ4n) is 2.38. The second kappa shape index (κ2) is 5.67. The number of nitrogens with zero attached hydrogens (tertiary/aromatic N) is 1. The molecule has 1 aromatic rings. The summed E-state index contributed by atoms with van der Waals surface area (Å²) in [5, 5.41) is 9.58. The highest BCUT2D eigenvalue weighted by Crippen LogP contribution is 2.34. The lowest BCUT2D eigenvalue weighted by atomic mass is 10.1. The zero-order valence-corrected chi connectivity index (χ0v) is 12.0. The van der Waals surface area contributed by atoms with Crippen molar-refractivity contribution in [2.75, 3.05) is 17.2 Å². The molecule has 0 spiro atoms. The van der Waals surface area contributed by atoms with Crippen LogP contribution in [0.1, 0.15) is 12.0 Å². The number of hydrogen-bond donors (Lipinski definition) is 1. The lowest BCUT2D eigenvalue weighted by molar-refractivity contribution is -0.117. The van der Waals surface area contributed by atoms with Gasteiger partial charge in [0.2, 0.25) is 5.91 Å². The maximum absolute atomic E-state index is 12.7. The fraction of sp³-hybridized carbons (Fsp3) is 0.417. The van der Waals surface area contributed by atoms with Crippen molar-refractivity contribution in [3.63, 3.8) is 0 Å². The van der Waals surface area contributed by atoms with Gasteiger partial charge in [0.05, 0.1) is 23.1 Å². The number of halogens is 2. The standard InChI is InChI=1S/C12H13ClFNO4S/c13-10-3-1-2-9(6-16)12(10)15-5-8(4-11(15)17)7-20(14,18)19/h1-3,8,16H,4-7H2. The van der Waals surface area contributed by atoms with Crippen LogP contribution in [0.25, 0.3) is 0 Å². The van der Waals surface area contributed by atoms with Gasteiger partial charge >= 0.3 is 10.2 Å². The first-order chi connectivity index (χ1) is 9.31. The van der Waals surface area contributed by atoms with E-state index < -0.39 is 21.9 Å². The Morgan fingerprint density at radius 1 is 1.45 bits per heavy atom. The van der Waals surface area contributed by atoms with Gasteiger partial charge in [0.1, 0.15) is 0 Å². The largest absolute Gasteiger partial charge is 0.392 e. The van der Waals surface area contributed by atoms with Crippen molar-refractivity contribution in [2.45, 2.75) is 13.0 Å². The molecule has 2 rings (SSSR count). The Bertz CT molecular complexity index is 634. The van der Waals surface area contributed by atoms with E-state index in [0.29, 0.717) is 11.3 Å². The lowest BCUT2D eigenvalue weighted by Gasteiger charge is -2.21. The highest BCUT2D eigenvalue weighted by Gasteiger charge is 2.35. The van der Waals surface area contributed by atoms with Gasteiger partial charge in [-0.2, -0.15) is 8.42 Å². The van der Waals surface area contributed by atoms with Crippen molar-refractivity contribution < 1.29 is 22.2 Å². The van der Waals surface area contributed by atoms with Gasteiger partial charge in [0.25, 0.3) is 0 Å². The molecule has 0 aromatic heterocycles. The van der Waals surface area contributed by atoms with Crippen molar-refractivity contribution in [2.24, 2.45) is 5.92 Å². The van der Waals surface area contributed by atoms with E-state index in [0.717, 1.165) is 0 Å². The van der Waals surface area contributed by atoms with Crippen molar-refractivity contribution in [1.29, 1.82) is 0 Å². The van der Waals surface area contributed by atoms with E-state index in [9.17, 15) is 22.2 Å². The van der Waals surface area contributed by atoms with Crippen LogP contribution >= 0.6 is 11.6 Å². The number of amides is 1. The zero-order chi connectivity index (χ0) is 14.9. The number of anilines is 1. The molecule has 1 aliphatic rings. The van der Waals surface area contributed by atoms with Gasteiger partial charge in [-0.15, -0.1) is 3.89 Å². The Morgan fingerprint density at radius 2 is 2.15 bits per heavy atom. The van der Waals surface area contributed by atoms with Gasteiger partial charge in [-0.25, -0.2) is 0 Å². The van der Waals surface area contributed by atoms with E-state index >= 15 is 0 Å². The molecule has 1 amide bonds.